The molecule has 0 rings (SSSR count). The van der Waals surface area contributed by atoms with Crippen LogP contribution in [0, 0.1) is 17.8 Å². The van der Waals surface area contributed by atoms with E-state index in [4.69, 9.17) is 0 Å². The molecule has 0 aromatic heterocycles. The molecular weight excluding hydrogens is 273 g/mol. The van der Waals surface area contributed by atoms with Crippen LogP contribution in [0.25, 0.3) is 0 Å². The van der Waals surface area contributed by atoms with Gasteiger partial charge >= 0.3 is 0 Å². The molecule has 0 amide bonds. The third-order valence-corrected chi connectivity index (χ3v) is 4.15. The van der Waals surface area contributed by atoms with Crippen molar-refractivity contribution in [3.63, 3.8) is 0 Å². The first kappa shape index (κ1) is 13.7. The van der Waals surface area contributed by atoms with Crippen molar-refractivity contribution in [2.75, 3.05) is 18.0 Å². The fourth-order valence-electron chi connectivity index (χ4n) is 1.75. The van der Waals surface area contributed by atoms with Crippen molar-refractivity contribution < 1.29 is 0 Å². The summed E-state index contributed by atoms with van der Waals surface area (Å²) in [6, 6.07) is 0. The molecule has 0 aromatic carbocycles. The summed E-state index contributed by atoms with van der Waals surface area (Å²) in [5, 5.41) is 3.23. The molecule has 3 atom stereocenters. The van der Waals surface area contributed by atoms with Gasteiger partial charge < -0.3 is 5.32 Å². The van der Waals surface area contributed by atoms with Crippen molar-refractivity contribution in [3.05, 3.63) is 0 Å². The maximum Gasteiger partial charge on any atom is 0.00287 e. The molecule has 0 fully saturated rings. The second-order valence-electron chi connectivity index (χ2n) is 4.07. The minimum atomic E-state index is 0.860. The largest absolute Gasteiger partial charge is 0.320 e. The molecule has 1 nitrogen and oxygen atoms in total. The molecule has 0 aliphatic rings. The summed E-state index contributed by atoms with van der Waals surface area (Å²) in [6.07, 6.45) is 2.63. The van der Waals surface area contributed by atoms with Crippen LogP contribution < -0.4 is 5.32 Å². The molecule has 0 saturated heterocycles. The van der Waals surface area contributed by atoms with Crippen LogP contribution in [-0.2, 0) is 0 Å². The Hall–Kier alpha value is 0.690. The Kier molecular flexibility index (Phi) is 8.46. The van der Waals surface area contributed by atoms with E-state index in [9.17, 15) is 0 Å². The Labute approximate surface area is 97.2 Å². The predicted molar refractivity (Wildman–Crippen MR) is 69.5 cm³/mol. The normalized spacial score (nSPS) is 18.2. The van der Waals surface area contributed by atoms with Crippen LogP contribution in [-0.4, -0.2) is 18.0 Å². The van der Waals surface area contributed by atoms with Gasteiger partial charge in [0.1, 0.15) is 0 Å². The van der Waals surface area contributed by atoms with Gasteiger partial charge in [0.2, 0.25) is 0 Å². The van der Waals surface area contributed by atoms with E-state index in [0.717, 1.165) is 24.3 Å². The van der Waals surface area contributed by atoms with Gasteiger partial charge in [0.15, 0.2) is 0 Å². The van der Waals surface area contributed by atoms with Crippen LogP contribution >= 0.6 is 22.6 Å². The van der Waals surface area contributed by atoms with Gasteiger partial charge in [0.05, 0.1) is 0 Å². The lowest BCUT2D eigenvalue weighted by molar-refractivity contribution is 0.269. The molecule has 2 heteroatoms. The van der Waals surface area contributed by atoms with Crippen molar-refractivity contribution in [2.24, 2.45) is 17.8 Å². The fourth-order valence-corrected chi connectivity index (χ4v) is 3.49. The SMILES string of the molecule is CCC(C)C(CI)[C@H](C)CCNC. The van der Waals surface area contributed by atoms with Gasteiger partial charge in [-0.15, -0.1) is 0 Å². The number of nitrogens with one attached hydrogen (secondary N) is 1. The second kappa shape index (κ2) is 8.04. The minimum Gasteiger partial charge on any atom is -0.320 e. The van der Waals surface area contributed by atoms with Gasteiger partial charge in [0, 0.05) is 4.43 Å². The van der Waals surface area contributed by atoms with Crippen molar-refractivity contribution in [2.45, 2.75) is 33.6 Å². The minimum absolute atomic E-state index is 0.860. The maximum absolute atomic E-state index is 3.23. The smallest absolute Gasteiger partial charge is 0.00287 e. The highest BCUT2D eigenvalue weighted by Gasteiger charge is 2.20. The summed E-state index contributed by atoms with van der Waals surface area (Å²) in [4.78, 5) is 0. The molecule has 0 heterocycles. The van der Waals surface area contributed by atoms with Crippen molar-refractivity contribution >= 4 is 22.6 Å². The number of alkyl halides is 1. The van der Waals surface area contributed by atoms with Crippen LogP contribution in [0.2, 0.25) is 0 Å². The van der Waals surface area contributed by atoms with Gasteiger partial charge in [0.25, 0.3) is 0 Å². The van der Waals surface area contributed by atoms with Crippen LogP contribution in [0.3, 0.4) is 0 Å². The average Bonchev–Trinajstić information content (AvgIpc) is 2.15. The van der Waals surface area contributed by atoms with Crippen LogP contribution in [0.15, 0.2) is 0 Å². The van der Waals surface area contributed by atoms with E-state index in [1.54, 1.807) is 0 Å². The first-order valence-corrected chi connectivity index (χ1v) is 6.90. The van der Waals surface area contributed by atoms with E-state index < -0.39 is 0 Å². The van der Waals surface area contributed by atoms with Gasteiger partial charge in [-0.1, -0.05) is 49.8 Å². The zero-order valence-electron chi connectivity index (χ0n) is 9.44. The van der Waals surface area contributed by atoms with E-state index >= 15 is 0 Å². The van der Waals surface area contributed by atoms with E-state index in [1.807, 2.05) is 7.05 Å². The highest BCUT2D eigenvalue weighted by atomic mass is 127. The Bertz CT molecular complexity index is 117. The van der Waals surface area contributed by atoms with Crippen LogP contribution in [0.4, 0.5) is 0 Å². The van der Waals surface area contributed by atoms with Crippen LogP contribution in [0.1, 0.15) is 33.6 Å². The average molecular weight is 297 g/mol. The number of hydrogen-bond donors (Lipinski definition) is 1. The Morgan fingerprint density at radius 2 is 1.85 bits per heavy atom. The summed E-state index contributed by atoms with van der Waals surface area (Å²) >= 11 is 2.53. The summed E-state index contributed by atoms with van der Waals surface area (Å²) in [5.41, 5.74) is 0. The monoisotopic (exact) mass is 297 g/mol. The third kappa shape index (κ3) is 5.21. The summed E-state index contributed by atoms with van der Waals surface area (Å²) in [6.45, 7) is 8.24. The van der Waals surface area contributed by atoms with Crippen LogP contribution in [0.5, 0.6) is 0 Å². The summed E-state index contributed by atoms with van der Waals surface area (Å²) < 4.78 is 1.30. The second-order valence-corrected chi connectivity index (χ2v) is 4.95. The Balaban J connectivity index is 3.90. The standard InChI is InChI=1S/C11H24IN/c1-5-9(2)11(8-12)10(3)6-7-13-4/h9-11,13H,5-8H2,1-4H3/t9?,10-,11?/m1/s1. The summed E-state index contributed by atoms with van der Waals surface area (Å²) in [7, 11) is 2.04. The molecular formula is C11H24IN. The van der Waals surface area contributed by atoms with Gasteiger partial charge in [-0.3, -0.25) is 0 Å². The topological polar surface area (TPSA) is 12.0 Å². The molecule has 2 unspecified atom stereocenters. The predicted octanol–water partition coefficient (Wildman–Crippen LogP) is 3.33. The highest BCUT2D eigenvalue weighted by molar-refractivity contribution is 14.1. The number of rotatable bonds is 7. The maximum atomic E-state index is 3.23. The molecule has 0 aliphatic carbocycles. The zero-order valence-corrected chi connectivity index (χ0v) is 11.6. The molecule has 0 aliphatic heterocycles. The van der Waals surface area contributed by atoms with Crippen molar-refractivity contribution in [1.29, 1.82) is 0 Å². The summed E-state index contributed by atoms with van der Waals surface area (Å²) in [5.74, 6) is 2.64. The first-order valence-electron chi connectivity index (χ1n) is 5.37. The first-order chi connectivity index (χ1) is 6.17. The molecule has 0 bridgehead atoms. The lowest BCUT2D eigenvalue weighted by Crippen LogP contribution is -2.24. The van der Waals surface area contributed by atoms with Gasteiger partial charge in [-0.05, 0) is 37.8 Å². The third-order valence-electron chi connectivity index (χ3n) is 3.13. The fraction of sp³-hybridized carbons (Fsp3) is 1.00. The number of hydrogen-bond acceptors (Lipinski definition) is 1. The molecule has 0 spiro atoms. The van der Waals surface area contributed by atoms with Crippen molar-refractivity contribution in [3.8, 4) is 0 Å². The highest BCUT2D eigenvalue weighted by Crippen LogP contribution is 2.27. The Morgan fingerprint density at radius 1 is 1.23 bits per heavy atom. The quantitative estimate of drug-likeness (QED) is 0.561. The molecule has 0 saturated carbocycles. The van der Waals surface area contributed by atoms with E-state index in [2.05, 4.69) is 48.7 Å². The van der Waals surface area contributed by atoms with E-state index in [1.165, 1.54) is 17.3 Å². The lowest BCUT2D eigenvalue weighted by atomic mass is 9.82. The molecule has 13 heavy (non-hydrogen) atoms. The lowest BCUT2D eigenvalue weighted by Gasteiger charge is -2.27. The van der Waals surface area contributed by atoms with Crippen molar-refractivity contribution in [1.82, 2.24) is 5.32 Å². The van der Waals surface area contributed by atoms with E-state index in [0.29, 0.717) is 0 Å². The molecule has 1 N–H and O–H groups in total. The molecule has 0 aromatic rings. The van der Waals surface area contributed by atoms with E-state index in [-0.39, 0.29) is 0 Å². The zero-order chi connectivity index (χ0) is 10.3. The molecule has 0 radical (unpaired) electrons. The number of halogens is 1. The Morgan fingerprint density at radius 3 is 2.23 bits per heavy atom. The molecule has 80 valence electrons. The van der Waals surface area contributed by atoms with Gasteiger partial charge in [-0.25, -0.2) is 0 Å². The van der Waals surface area contributed by atoms with Gasteiger partial charge in [-0.2, -0.15) is 0 Å².